The van der Waals surface area contributed by atoms with E-state index < -0.39 is 5.82 Å². The highest BCUT2D eigenvalue weighted by atomic mass is 19.1. The average Bonchev–Trinajstić information content (AvgIpc) is 3.27. The van der Waals surface area contributed by atoms with Crippen LogP contribution in [0.2, 0.25) is 0 Å². The molecule has 160 valence electrons. The predicted octanol–water partition coefficient (Wildman–Crippen LogP) is 4.06. The Balaban J connectivity index is 1.74. The van der Waals surface area contributed by atoms with Crippen molar-refractivity contribution in [1.82, 2.24) is 29.5 Å². The second kappa shape index (κ2) is 7.84. The van der Waals surface area contributed by atoms with Crippen LogP contribution in [0.5, 0.6) is 0 Å². The third-order valence-electron chi connectivity index (χ3n) is 5.37. The molecule has 0 spiro atoms. The van der Waals surface area contributed by atoms with E-state index in [0.717, 1.165) is 5.56 Å². The zero-order valence-electron chi connectivity index (χ0n) is 17.5. The fraction of sp³-hybridized carbons (Fsp3) is 0.174. The van der Waals surface area contributed by atoms with E-state index in [0.29, 0.717) is 40.4 Å². The first kappa shape index (κ1) is 19.8. The van der Waals surface area contributed by atoms with Gasteiger partial charge >= 0.3 is 0 Å². The van der Waals surface area contributed by atoms with Gasteiger partial charge in [0.15, 0.2) is 11.5 Å². The van der Waals surface area contributed by atoms with Crippen LogP contribution in [0.4, 0.5) is 10.2 Å². The smallest absolute Gasteiger partial charge is 0.266 e. The van der Waals surface area contributed by atoms with Crippen molar-refractivity contribution in [3.63, 3.8) is 0 Å². The molecule has 1 atom stereocenters. The first-order valence-corrected chi connectivity index (χ1v) is 10.2. The minimum Gasteiger partial charge on any atom is -0.358 e. The number of aromatic amines is 1. The SMILES string of the molecule is CCC(Nc1ncnc2nc[nH]c12)c1nc2ccc(F)cc2c(=O)n1-c1cccc(C)c1. The number of fused-ring (bicyclic) bond motifs is 2. The van der Waals surface area contributed by atoms with Crippen LogP contribution < -0.4 is 10.9 Å². The Kier molecular flexibility index (Phi) is 4.85. The summed E-state index contributed by atoms with van der Waals surface area (Å²) >= 11 is 0. The molecule has 0 saturated heterocycles. The Morgan fingerprint density at radius 3 is 2.84 bits per heavy atom. The van der Waals surface area contributed by atoms with Crippen molar-refractivity contribution < 1.29 is 4.39 Å². The number of aromatic nitrogens is 6. The first-order chi connectivity index (χ1) is 15.5. The third-order valence-corrected chi connectivity index (χ3v) is 5.37. The molecule has 0 saturated carbocycles. The van der Waals surface area contributed by atoms with Gasteiger partial charge in [-0.05, 0) is 49.2 Å². The quantitative estimate of drug-likeness (QED) is 0.437. The largest absolute Gasteiger partial charge is 0.358 e. The van der Waals surface area contributed by atoms with E-state index in [1.807, 2.05) is 38.1 Å². The molecule has 3 heterocycles. The molecule has 2 N–H and O–H groups in total. The fourth-order valence-corrected chi connectivity index (χ4v) is 3.81. The maximum atomic E-state index is 13.9. The van der Waals surface area contributed by atoms with E-state index in [4.69, 9.17) is 4.98 Å². The number of hydrogen-bond donors (Lipinski definition) is 2. The zero-order valence-corrected chi connectivity index (χ0v) is 17.5. The molecule has 3 aromatic heterocycles. The molecular weight excluding hydrogens is 409 g/mol. The van der Waals surface area contributed by atoms with E-state index in [1.165, 1.54) is 24.5 Å². The molecule has 2 aromatic carbocycles. The maximum Gasteiger partial charge on any atom is 0.266 e. The summed E-state index contributed by atoms with van der Waals surface area (Å²) in [5.41, 5.74) is 2.97. The molecule has 0 bridgehead atoms. The highest BCUT2D eigenvalue weighted by Crippen LogP contribution is 2.26. The molecule has 1 unspecified atom stereocenters. The van der Waals surface area contributed by atoms with Gasteiger partial charge in [-0.3, -0.25) is 9.36 Å². The van der Waals surface area contributed by atoms with Crippen LogP contribution in [0.3, 0.4) is 0 Å². The van der Waals surface area contributed by atoms with Gasteiger partial charge in [-0.15, -0.1) is 0 Å². The zero-order chi connectivity index (χ0) is 22.2. The first-order valence-electron chi connectivity index (χ1n) is 10.2. The topological polar surface area (TPSA) is 101 Å². The van der Waals surface area contributed by atoms with Crippen molar-refractivity contribution in [2.45, 2.75) is 26.3 Å². The number of aryl methyl sites for hydroxylation is 1. The van der Waals surface area contributed by atoms with Gasteiger partial charge in [0.1, 0.15) is 23.5 Å². The summed E-state index contributed by atoms with van der Waals surface area (Å²) < 4.78 is 15.5. The molecule has 0 aliphatic rings. The Morgan fingerprint density at radius 2 is 2.03 bits per heavy atom. The van der Waals surface area contributed by atoms with E-state index in [9.17, 15) is 9.18 Å². The van der Waals surface area contributed by atoms with Crippen molar-refractivity contribution in [3.8, 4) is 5.69 Å². The van der Waals surface area contributed by atoms with E-state index in [1.54, 1.807) is 10.9 Å². The van der Waals surface area contributed by atoms with Gasteiger partial charge in [-0.1, -0.05) is 19.1 Å². The Labute approximate surface area is 182 Å². The van der Waals surface area contributed by atoms with E-state index >= 15 is 0 Å². The number of rotatable bonds is 5. The standard InChI is InChI=1S/C23H20FN7O/c1-3-17(29-21-19-20(26-11-25-19)27-12-28-21)22-30-18-8-7-14(24)10-16(18)23(32)31(22)15-6-4-5-13(2)9-15/h4-12,17H,3H2,1-2H3,(H2,25,26,27,28,29). The summed E-state index contributed by atoms with van der Waals surface area (Å²) in [6.45, 7) is 3.94. The summed E-state index contributed by atoms with van der Waals surface area (Å²) in [7, 11) is 0. The maximum absolute atomic E-state index is 13.9. The minimum absolute atomic E-state index is 0.225. The lowest BCUT2D eigenvalue weighted by Crippen LogP contribution is -2.28. The predicted molar refractivity (Wildman–Crippen MR) is 120 cm³/mol. The van der Waals surface area contributed by atoms with Crippen LogP contribution in [0, 0.1) is 12.7 Å². The van der Waals surface area contributed by atoms with Gasteiger partial charge < -0.3 is 10.3 Å². The van der Waals surface area contributed by atoms with Crippen LogP contribution in [0.15, 0.2) is 59.9 Å². The van der Waals surface area contributed by atoms with Gasteiger partial charge in [0.2, 0.25) is 0 Å². The van der Waals surface area contributed by atoms with Crippen molar-refractivity contribution in [2.24, 2.45) is 0 Å². The van der Waals surface area contributed by atoms with Crippen LogP contribution in [-0.4, -0.2) is 29.5 Å². The van der Waals surface area contributed by atoms with Crippen LogP contribution in [0.1, 0.15) is 30.8 Å². The number of anilines is 1. The molecule has 5 aromatic rings. The third kappa shape index (κ3) is 3.37. The molecule has 0 aliphatic carbocycles. The average molecular weight is 429 g/mol. The van der Waals surface area contributed by atoms with Crippen molar-refractivity contribution in [3.05, 3.63) is 82.7 Å². The Bertz CT molecular complexity index is 1510. The van der Waals surface area contributed by atoms with Crippen LogP contribution in [-0.2, 0) is 0 Å². The summed E-state index contributed by atoms with van der Waals surface area (Å²) in [5, 5.41) is 3.61. The number of benzene rings is 2. The summed E-state index contributed by atoms with van der Waals surface area (Å²) in [6.07, 6.45) is 3.60. The molecule has 0 fully saturated rings. The highest BCUT2D eigenvalue weighted by Gasteiger charge is 2.22. The molecule has 32 heavy (non-hydrogen) atoms. The molecule has 5 rings (SSSR count). The number of imidazole rings is 1. The van der Waals surface area contributed by atoms with Crippen molar-refractivity contribution >= 4 is 27.9 Å². The highest BCUT2D eigenvalue weighted by molar-refractivity contribution is 5.82. The van der Waals surface area contributed by atoms with Crippen molar-refractivity contribution in [2.75, 3.05) is 5.32 Å². The lowest BCUT2D eigenvalue weighted by Gasteiger charge is -2.22. The second-order valence-electron chi connectivity index (χ2n) is 7.54. The molecule has 0 radical (unpaired) electrons. The van der Waals surface area contributed by atoms with Gasteiger partial charge in [0.05, 0.1) is 29.0 Å². The molecule has 0 amide bonds. The second-order valence-corrected chi connectivity index (χ2v) is 7.54. The molecular formula is C23H20FN7O. The van der Waals surface area contributed by atoms with Gasteiger partial charge in [0, 0.05) is 0 Å². The fourth-order valence-electron chi connectivity index (χ4n) is 3.81. The van der Waals surface area contributed by atoms with Crippen molar-refractivity contribution in [1.29, 1.82) is 0 Å². The number of nitrogens with zero attached hydrogens (tertiary/aromatic N) is 5. The lowest BCUT2D eigenvalue weighted by atomic mass is 10.1. The Morgan fingerprint density at radius 1 is 1.16 bits per heavy atom. The van der Waals surface area contributed by atoms with E-state index in [-0.39, 0.29) is 17.0 Å². The molecule has 0 aliphatic heterocycles. The van der Waals surface area contributed by atoms with Gasteiger partial charge in [0.25, 0.3) is 5.56 Å². The Hall–Kier alpha value is -4.14. The minimum atomic E-state index is -0.479. The summed E-state index contributed by atoms with van der Waals surface area (Å²) in [5.74, 6) is 0.588. The number of hydrogen-bond acceptors (Lipinski definition) is 6. The lowest BCUT2D eigenvalue weighted by molar-refractivity contribution is 0.628. The van der Waals surface area contributed by atoms with Gasteiger partial charge in [-0.25, -0.2) is 24.3 Å². The van der Waals surface area contributed by atoms with Crippen LogP contribution in [0.25, 0.3) is 27.8 Å². The summed E-state index contributed by atoms with van der Waals surface area (Å²) in [4.78, 5) is 34.0. The molecule has 8 nitrogen and oxygen atoms in total. The number of nitrogens with one attached hydrogen (secondary N) is 2. The summed E-state index contributed by atoms with van der Waals surface area (Å²) in [6, 6.07) is 11.3. The number of halogens is 1. The molecule has 9 heteroatoms. The number of H-pyrrole nitrogens is 1. The van der Waals surface area contributed by atoms with Gasteiger partial charge in [-0.2, -0.15) is 0 Å². The normalized spacial score (nSPS) is 12.3. The monoisotopic (exact) mass is 429 g/mol. The van der Waals surface area contributed by atoms with Crippen LogP contribution >= 0.6 is 0 Å². The van der Waals surface area contributed by atoms with E-state index in [2.05, 4.69) is 25.3 Å².